The van der Waals surface area contributed by atoms with Crippen molar-refractivity contribution in [1.82, 2.24) is 4.90 Å². The van der Waals surface area contributed by atoms with E-state index < -0.39 is 17.3 Å². The summed E-state index contributed by atoms with van der Waals surface area (Å²) in [6.07, 6.45) is 1.18. The lowest BCUT2D eigenvalue weighted by Gasteiger charge is -2.39. The van der Waals surface area contributed by atoms with Crippen LogP contribution in [0.15, 0.2) is 24.3 Å². The molecule has 0 radical (unpaired) electrons. The summed E-state index contributed by atoms with van der Waals surface area (Å²) in [5, 5.41) is 2.73. The third-order valence-electron chi connectivity index (χ3n) is 4.39. The molecule has 1 aromatic rings. The van der Waals surface area contributed by atoms with Gasteiger partial charge in [0.05, 0.1) is 6.04 Å². The standard InChI is InChI=1S/C22H34N2O4/c1-15-8-13-18(24(14-15)20(26)28-22(5,6)7)16-9-11-17(12-10-16)23-19(25)27-21(2,3)4/h9-12,15,18H,8,13-14H2,1-7H3,(H,23,25)/t15-,18+/m1/s1. The number of carbonyl (C=O) groups excluding carboxylic acids is 2. The largest absolute Gasteiger partial charge is 0.444 e. The second-order valence-electron chi connectivity index (χ2n) is 9.58. The molecule has 6 nitrogen and oxygen atoms in total. The highest BCUT2D eigenvalue weighted by Gasteiger charge is 2.33. The zero-order valence-electron chi connectivity index (χ0n) is 18.2. The number of hydrogen-bond acceptors (Lipinski definition) is 4. The maximum absolute atomic E-state index is 12.7. The van der Waals surface area contributed by atoms with Gasteiger partial charge in [0, 0.05) is 12.2 Å². The molecule has 2 amide bonds. The number of ether oxygens (including phenoxy) is 2. The minimum absolute atomic E-state index is 0.0263. The van der Waals surface area contributed by atoms with Crippen molar-refractivity contribution >= 4 is 17.9 Å². The van der Waals surface area contributed by atoms with Crippen LogP contribution in [0.3, 0.4) is 0 Å². The lowest BCUT2D eigenvalue weighted by molar-refractivity contribution is 0.00363. The predicted molar refractivity (Wildman–Crippen MR) is 110 cm³/mol. The Balaban J connectivity index is 2.11. The van der Waals surface area contributed by atoms with E-state index >= 15 is 0 Å². The molecule has 6 heteroatoms. The van der Waals surface area contributed by atoms with Gasteiger partial charge in [0.2, 0.25) is 0 Å². The van der Waals surface area contributed by atoms with Crippen LogP contribution in [0, 0.1) is 5.92 Å². The summed E-state index contributed by atoms with van der Waals surface area (Å²) in [6.45, 7) is 13.9. The van der Waals surface area contributed by atoms with Crippen LogP contribution in [0.2, 0.25) is 0 Å². The Hall–Kier alpha value is -2.24. The van der Waals surface area contributed by atoms with E-state index in [2.05, 4.69) is 12.2 Å². The van der Waals surface area contributed by atoms with Gasteiger partial charge in [-0.2, -0.15) is 0 Å². The summed E-state index contributed by atoms with van der Waals surface area (Å²) in [5.74, 6) is 0.442. The van der Waals surface area contributed by atoms with Crippen molar-refractivity contribution in [2.75, 3.05) is 11.9 Å². The first-order chi connectivity index (χ1) is 12.8. The van der Waals surface area contributed by atoms with Crippen LogP contribution in [0.4, 0.5) is 15.3 Å². The van der Waals surface area contributed by atoms with Gasteiger partial charge in [-0.3, -0.25) is 5.32 Å². The summed E-state index contributed by atoms with van der Waals surface area (Å²) >= 11 is 0. The predicted octanol–water partition coefficient (Wildman–Crippen LogP) is 5.74. The molecule has 0 saturated carbocycles. The zero-order valence-corrected chi connectivity index (χ0v) is 18.2. The zero-order chi connectivity index (χ0) is 21.1. The number of amides is 2. The number of nitrogens with zero attached hydrogens (tertiary/aromatic N) is 1. The van der Waals surface area contributed by atoms with Crippen molar-refractivity contribution in [2.24, 2.45) is 5.92 Å². The number of piperidine rings is 1. The fourth-order valence-corrected chi connectivity index (χ4v) is 3.23. The molecule has 1 fully saturated rings. The van der Waals surface area contributed by atoms with Crippen molar-refractivity contribution in [3.8, 4) is 0 Å². The average molecular weight is 391 g/mol. The van der Waals surface area contributed by atoms with E-state index in [0.717, 1.165) is 18.4 Å². The molecule has 2 rings (SSSR count). The van der Waals surface area contributed by atoms with Gasteiger partial charge in [-0.1, -0.05) is 19.1 Å². The molecule has 1 heterocycles. The Morgan fingerprint density at radius 2 is 1.54 bits per heavy atom. The first-order valence-corrected chi connectivity index (χ1v) is 9.93. The molecule has 0 unspecified atom stereocenters. The van der Waals surface area contributed by atoms with E-state index in [9.17, 15) is 9.59 Å². The fourth-order valence-electron chi connectivity index (χ4n) is 3.23. The SMILES string of the molecule is C[C@@H]1CC[C@@H](c2ccc(NC(=O)OC(C)(C)C)cc2)N(C(=O)OC(C)(C)C)C1. The molecule has 1 aromatic carbocycles. The molecule has 28 heavy (non-hydrogen) atoms. The quantitative estimate of drug-likeness (QED) is 0.699. The summed E-state index contributed by atoms with van der Waals surface area (Å²) in [7, 11) is 0. The van der Waals surface area contributed by atoms with E-state index in [1.165, 1.54) is 0 Å². The van der Waals surface area contributed by atoms with Crippen LogP contribution in [0.5, 0.6) is 0 Å². The van der Waals surface area contributed by atoms with Gasteiger partial charge in [0.1, 0.15) is 11.2 Å². The van der Waals surface area contributed by atoms with Crippen LogP contribution in [0.25, 0.3) is 0 Å². The first-order valence-electron chi connectivity index (χ1n) is 9.93. The first kappa shape index (κ1) is 22.1. The second-order valence-corrected chi connectivity index (χ2v) is 9.58. The molecule has 1 N–H and O–H groups in total. The lowest BCUT2D eigenvalue weighted by atomic mass is 9.90. The molecule has 0 aliphatic carbocycles. The van der Waals surface area contributed by atoms with Gasteiger partial charge in [0.15, 0.2) is 0 Å². The van der Waals surface area contributed by atoms with Crippen LogP contribution in [0.1, 0.15) is 72.9 Å². The normalized spacial score (nSPS) is 20.5. The van der Waals surface area contributed by atoms with E-state index in [1.807, 2.05) is 70.7 Å². The number of benzene rings is 1. The van der Waals surface area contributed by atoms with E-state index in [0.29, 0.717) is 18.2 Å². The molecule has 2 atom stereocenters. The molecule has 1 aliphatic rings. The van der Waals surface area contributed by atoms with Gasteiger partial charge >= 0.3 is 12.2 Å². The van der Waals surface area contributed by atoms with Crippen molar-refractivity contribution in [3.63, 3.8) is 0 Å². The number of hydrogen-bond donors (Lipinski definition) is 1. The van der Waals surface area contributed by atoms with Crippen molar-refractivity contribution in [2.45, 2.75) is 78.6 Å². The molecule has 0 spiro atoms. The van der Waals surface area contributed by atoms with Crippen molar-refractivity contribution < 1.29 is 19.1 Å². The highest BCUT2D eigenvalue weighted by Crippen LogP contribution is 2.34. The van der Waals surface area contributed by atoms with Gasteiger partial charge in [-0.05, 0) is 78.0 Å². The molecule has 0 bridgehead atoms. The van der Waals surface area contributed by atoms with E-state index in [1.54, 1.807) is 0 Å². The third-order valence-corrected chi connectivity index (χ3v) is 4.39. The van der Waals surface area contributed by atoms with Crippen molar-refractivity contribution in [3.05, 3.63) is 29.8 Å². The molecule has 156 valence electrons. The molecular formula is C22H34N2O4. The fraction of sp³-hybridized carbons (Fsp3) is 0.636. The second kappa shape index (κ2) is 8.41. The maximum Gasteiger partial charge on any atom is 0.412 e. The van der Waals surface area contributed by atoms with Gasteiger partial charge in [-0.15, -0.1) is 0 Å². The molecular weight excluding hydrogens is 356 g/mol. The Morgan fingerprint density at radius 3 is 2.07 bits per heavy atom. The van der Waals surface area contributed by atoms with Crippen molar-refractivity contribution in [1.29, 1.82) is 0 Å². The smallest absolute Gasteiger partial charge is 0.412 e. The highest BCUT2D eigenvalue weighted by atomic mass is 16.6. The third kappa shape index (κ3) is 6.73. The summed E-state index contributed by atoms with van der Waals surface area (Å²) in [4.78, 5) is 26.5. The summed E-state index contributed by atoms with van der Waals surface area (Å²) < 4.78 is 10.9. The minimum Gasteiger partial charge on any atom is -0.444 e. The molecule has 1 saturated heterocycles. The van der Waals surface area contributed by atoms with Crippen LogP contribution in [-0.2, 0) is 9.47 Å². The van der Waals surface area contributed by atoms with E-state index in [-0.39, 0.29) is 12.1 Å². The Bertz CT molecular complexity index is 686. The Morgan fingerprint density at radius 1 is 0.964 bits per heavy atom. The Kier molecular flexibility index (Phi) is 6.63. The number of rotatable bonds is 2. The molecule has 1 aliphatic heterocycles. The number of nitrogens with one attached hydrogen (secondary N) is 1. The average Bonchev–Trinajstić information content (AvgIpc) is 2.52. The van der Waals surface area contributed by atoms with Crippen LogP contribution < -0.4 is 5.32 Å². The van der Waals surface area contributed by atoms with Gasteiger partial charge < -0.3 is 14.4 Å². The number of anilines is 1. The maximum atomic E-state index is 12.7. The summed E-state index contributed by atoms with van der Waals surface area (Å²) in [5.41, 5.74) is 0.624. The minimum atomic E-state index is -0.545. The highest BCUT2D eigenvalue weighted by molar-refractivity contribution is 5.84. The van der Waals surface area contributed by atoms with Gasteiger partial charge in [0.25, 0.3) is 0 Å². The monoisotopic (exact) mass is 390 g/mol. The number of likely N-dealkylation sites (tertiary alicyclic amines) is 1. The van der Waals surface area contributed by atoms with Gasteiger partial charge in [-0.25, -0.2) is 9.59 Å². The van der Waals surface area contributed by atoms with E-state index in [4.69, 9.17) is 9.47 Å². The lowest BCUT2D eigenvalue weighted by Crippen LogP contribution is -2.44. The van der Waals surface area contributed by atoms with Crippen LogP contribution >= 0.6 is 0 Å². The number of carbonyl (C=O) groups is 2. The van der Waals surface area contributed by atoms with Crippen LogP contribution in [-0.4, -0.2) is 34.8 Å². The topological polar surface area (TPSA) is 67.9 Å². The Labute approximate surface area is 168 Å². The molecule has 0 aromatic heterocycles. The summed E-state index contributed by atoms with van der Waals surface area (Å²) in [6, 6.07) is 7.55.